The van der Waals surface area contributed by atoms with Gasteiger partial charge in [0, 0.05) is 12.0 Å². The van der Waals surface area contributed by atoms with E-state index in [-0.39, 0.29) is 25.0 Å². The summed E-state index contributed by atoms with van der Waals surface area (Å²) >= 11 is 0. The Morgan fingerprint density at radius 3 is 2.94 bits per heavy atom. The summed E-state index contributed by atoms with van der Waals surface area (Å²) in [5, 5.41) is 11.3. The second kappa shape index (κ2) is 6.07. The standard InChI is InChI=1S/C11H16N2O3/c1-8(2)11(15)13-9-4-3-5-10(12-9)16-7-6-14/h3-5,8,14H,6-7H2,1-2H3,(H,12,13,15). The van der Waals surface area contributed by atoms with Crippen LogP contribution in [0.4, 0.5) is 5.82 Å². The van der Waals surface area contributed by atoms with Crippen LogP contribution in [0.25, 0.3) is 0 Å². The topological polar surface area (TPSA) is 71.5 Å². The molecule has 5 nitrogen and oxygen atoms in total. The lowest BCUT2D eigenvalue weighted by molar-refractivity contribution is -0.118. The Kier molecular flexibility index (Phi) is 4.72. The number of aliphatic hydroxyl groups is 1. The lowest BCUT2D eigenvalue weighted by atomic mass is 10.2. The second-order valence-electron chi connectivity index (χ2n) is 3.58. The van der Waals surface area contributed by atoms with Gasteiger partial charge in [-0.25, -0.2) is 0 Å². The Hall–Kier alpha value is -1.62. The number of pyridine rings is 1. The molecule has 5 heteroatoms. The van der Waals surface area contributed by atoms with Crippen LogP contribution in [0.15, 0.2) is 18.2 Å². The Labute approximate surface area is 94.5 Å². The molecule has 0 aliphatic heterocycles. The van der Waals surface area contributed by atoms with Gasteiger partial charge in [-0.1, -0.05) is 19.9 Å². The van der Waals surface area contributed by atoms with E-state index in [9.17, 15) is 4.79 Å². The first-order valence-corrected chi connectivity index (χ1v) is 5.15. The molecule has 0 bridgehead atoms. The highest BCUT2D eigenvalue weighted by Gasteiger charge is 2.08. The first kappa shape index (κ1) is 12.4. The maximum Gasteiger partial charge on any atom is 0.228 e. The van der Waals surface area contributed by atoms with E-state index in [1.54, 1.807) is 32.0 Å². The van der Waals surface area contributed by atoms with Crippen molar-refractivity contribution in [2.45, 2.75) is 13.8 Å². The number of hydrogen-bond acceptors (Lipinski definition) is 4. The van der Waals surface area contributed by atoms with E-state index in [1.165, 1.54) is 0 Å². The van der Waals surface area contributed by atoms with Crippen LogP contribution >= 0.6 is 0 Å². The van der Waals surface area contributed by atoms with Gasteiger partial charge in [-0.15, -0.1) is 0 Å². The normalized spacial score (nSPS) is 10.2. The molecule has 0 unspecified atom stereocenters. The van der Waals surface area contributed by atoms with Crippen molar-refractivity contribution >= 4 is 11.7 Å². The fourth-order valence-corrected chi connectivity index (χ4v) is 0.986. The van der Waals surface area contributed by atoms with Gasteiger partial charge in [-0.05, 0) is 6.07 Å². The zero-order chi connectivity index (χ0) is 12.0. The zero-order valence-corrected chi connectivity index (χ0v) is 9.43. The van der Waals surface area contributed by atoms with Gasteiger partial charge in [0.15, 0.2) is 0 Å². The third-order valence-electron chi connectivity index (χ3n) is 1.84. The highest BCUT2D eigenvalue weighted by Crippen LogP contribution is 2.12. The average Bonchev–Trinajstić information content (AvgIpc) is 2.26. The van der Waals surface area contributed by atoms with E-state index in [0.29, 0.717) is 11.7 Å². The molecule has 0 spiro atoms. The summed E-state index contributed by atoms with van der Waals surface area (Å²) in [6.45, 7) is 3.74. The summed E-state index contributed by atoms with van der Waals surface area (Å²) in [5.74, 6) is 0.653. The van der Waals surface area contributed by atoms with Crippen molar-refractivity contribution < 1.29 is 14.6 Å². The molecule has 0 aromatic carbocycles. The molecule has 0 fully saturated rings. The van der Waals surface area contributed by atoms with Gasteiger partial charge < -0.3 is 15.2 Å². The number of carbonyl (C=O) groups is 1. The monoisotopic (exact) mass is 224 g/mol. The minimum atomic E-state index is -0.0937. The van der Waals surface area contributed by atoms with Gasteiger partial charge in [0.2, 0.25) is 11.8 Å². The Bertz CT molecular complexity index is 353. The summed E-state index contributed by atoms with van der Waals surface area (Å²) in [5.41, 5.74) is 0. The van der Waals surface area contributed by atoms with E-state index in [0.717, 1.165) is 0 Å². The van der Waals surface area contributed by atoms with Crippen LogP contribution in [-0.4, -0.2) is 29.2 Å². The van der Waals surface area contributed by atoms with Gasteiger partial charge >= 0.3 is 0 Å². The van der Waals surface area contributed by atoms with Crippen LogP contribution < -0.4 is 10.1 Å². The van der Waals surface area contributed by atoms with Gasteiger partial charge in [-0.2, -0.15) is 4.98 Å². The first-order valence-electron chi connectivity index (χ1n) is 5.15. The quantitative estimate of drug-likeness (QED) is 0.784. The van der Waals surface area contributed by atoms with Crippen LogP contribution in [0, 0.1) is 5.92 Å². The Morgan fingerprint density at radius 1 is 1.56 bits per heavy atom. The van der Waals surface area contributed by atoms with Crippen molar-refractivity contribution in [2.24, 2.45) is 5.92 Å². The molecule has 0 saturated carbocycles. The number of carbonyl (C=O) groups excluding carboxylic acids is 1. The van der Waals surface area contributed by atoms with Crippen LogP contribution in [0.1, 0.15) is 13.8 Å². The van der Waals surface area contributed by atoms with Gasteiger partial charge in [0.25, 0.3) is 0 Å². The Morgan fingerprint density at radius 2 is 2.31 bits per heavy atom. The molecule has 0 radical (unpaired) electrons. The molecular formula is C11H16N2O3. The molecule has 1 aromatic rings. The minimum absolute atomic E-state index is 0.0652. The van der Waals surface area contributed by atoms with E-state index in [2.05, 4.69) is 10.3 Å². The maximum absolute atomic E-state index is 11.4. The smallest absolute Gasteiger partial charge is 0.228 e. The van der Waals surface area contributed by atoms with Crippen molar-refractivity contribution in [1.29, 1.82) is 0 Å². The Balaban J connectivity index is 2.63. The number of hydrogen-bond donors (Lipinski definition) is 2. The fraction of sp³-hybridized carbons (Fsp3) is 0.455. The fourth-order valence-electron chi connectivity index (χ4n) is 0.986. The van der Waals surface area contributed by atoms with Crippen LogP contribution in [0.3, 0.4) is 0 Å². The van der Waals surface area contributed by atoms with Crippen LogP contribution in [-0.2, 0) is 4.79 Å². The third kappa shape index (κ3) is 3.86. The van der Waals surface area contributed by atoms with Crippen molar-refractivity contribution in [3.05, 3.63) is 18.2 Å². The summed E-state index contributed by atoms with van der Waals surface area (Å²) in [4.78, 5) is 15.5. The number of aromatic nitrogens is 1. The van der Waals surface area contributed by atoms with Crippen LogP contribution in [0.5, 0.6) is 5.88 Å². The van der Waals surface area contributed by atoms with Crippen molar-refractivity contribution in [2.75, 3.05) is 18.5 Å². The van der Waals surface area contributed by atoms with E-state index < -0.39 is 0 Å². The lowest BCUT2D eigenvalue weighted by Crippen LogP contribution is -2.18. The molecule has 1 heterocycles. The molecule has 2 N–H and O–H groups in total. The highest BCUT2D eigenvalue weighted by molar-refractivity contribution is 5.91. The van der Waals surface area contributed by atoms with E-state index >= 15 is 0 Å². The molecule has 16 heavy (non-hydrogen) atoms. The lowest BCUT2D eigenvalue weighted by Gasteiger charge is -2.08. The summed E-state index contributed by atoms with van der Waals surface area (Å²) in [7, 11) is 0. The van der Waals surface area contributed by atoms with Crippen molar-refractivity contribution in [3.63, 3.8) is 0 Å². The number of rotatable bonds is 5. The number of amides is 1. The largest absolute Gasteiger partial charge is 0.475 e. The van der Waals surface area contributed by atoms with Gasteiger partial charge in [0.1, 0.15) is 12.4 Å². The number of ether oxygens (including phenoxy) is 1. The predicted molar refractivity (Wildman–Crippen MR) is 60.3 cm³/mol. The summed E-state index contributed by atoms with van der Waals surface area (Å²) < 4.78 is 5.13. The molecule has 1 amide bonds. The maximum atomic E-state index is 11.4. The number of aliphatic hydroxyl groups excluding tert-OH is 1. The number of anilines is 1. The van der Waals surface area contributed by atoms with Crippen molar-refractivity contribution in [3.8, 4) is 5.88 Å². The van der Waals surface area contributed by atoms with Crippen molar-refractivity contribution in [1.82, 2.24) is 4.98 Å². The SMILES string of the molecule is CC(C)C(=O)Nc1cccc(OCCO)n1. The molecule has 1 rings (SSSR count). The highest BCUT2D eigenvalue weighted by atomic mass is 16.5. The molecular weight excluding hydrogens is 208 g/mol. The molecule has 1 aromatic heterocycles. The van der Waals surface area contributed by atoms with Gasteiger partial charge in [-0.3, -0.25) is 4.79 Å². The third-order valence-corrected chi connectivity index (χ3v) is 1.84. The molecule has 0 aliphatic carbocycles. The molecule has 0 atom stereocenters. The minimum Gasteiger partial charge on any atom is -0.475 e. The number of nitrogens with one attached hydrogen (secondary N) is 1. The average molecular weight is 224 g/mol. The zero-order valence-electron chi connectivity index (χ0n) is 9.43. The predicted octanol–water partition coefficient (Wildman–Crippen LogP) is 1.05. The molecule has 0 saturated heterocycles. The van der Waals surface area contributed by atoms with Gasteiger partial charge in [0.05, 0.1) is 6.61 Å². The summed E-state index contributed by atoms with van der Waals surface area (Å²) in [6.07, 6.45) is 0. The second-order valence-corrected chi connectivity index (χ2v) is 3.58. The van der Waals surface area contributed by atoms with Crippen LogP contribution in [0.2, 0.25) is 0 Å². The van der Waals surface area contributed by atoms with E-state index in [4.69, 9.17) is 9.84 Å². The molecule has 0 aliphatic rings. The molecule has 88 valence electrons. The first-order chi connectivity index (χ1) is 7.63. The number of nitrogens with zero attached hydrogens (tertiary/aromatic N) is 1. The van der Waals surface area contributed by atoms with E-state index in [1.807, 2.05) is 0 Å². The summed E-state index contributed by atoms with van der Waals surface area (Å²) in [6, 6.07) is 5.09.